The van der Waals surface area contributed by atoms with E-state index < -0.39 is 11.8 Å². The summed E-state index contributed by atoms with van der Waals surface area (Å²) < 4.78 is 5.31. The first-order valence-corrected chi connectivity index (χ1v) is 6.49. The minimum Gasteiger partial charge on any atom is -0.382 e. The van der Waals surface area contributed by atoms with Gasteiger partial charge in [0.2, 0.25) is 0 Å². The van der Waals surface area contributed by atoms with Crippen molar-refractivity contribution in [1.82, 2.24) is 4.98 Å². The number of anilines is 1. The molecule has 2 rings (SSSR count). The first-order chi connectivity index (χ1) is 9.11. The Morgan fingerprint density at radius 1 is 1.37 bits per heavy atom. The highest BCUT2D eigenvalue weighted by Crippen LogP contribution is 2.25. The molecule has 0 aromatic carbocycles. The van der Waals surface area contributed by atoms with E-state index in [1.165, 1.54) is 6.20 Å². The van der Waals surface area contributed by atoms with Crippen LogP contribution in [-0.2, 0) is 4.74 Å². The number of nitrogens with one attached hydrogen (secondary N) is 2. The molecule has 1 fully saturated rings. The van der Waals surface area contributed by atoms with Crippen LogP contribution in [0.25, 0.3) is 0 Å². The van der Waals surface area contributed by atoms with E-state index in [1.54, 1.807) is 13.2 Å². The number of aromatic amines is 1. The summed E-state index contributed by atoms with van der Waals surface area (Å²) in [4.78, 5) is 14.0. The zero-order chi connectivity index (χ0) is 13.8. The van der Waals surface area contributed by atoms with Gasteiger partial charge >= 0.3 is 0 Å². The lowest BCUT2D eigenvalue weighted by Crippen LogP contribution is -2.30. The Morgan fingerprint density at radius 3 is 2.63 bits per heavy atom. The van der Waals surface area contributed by atoms with Gasteiger partial charge in [0, 0.05) is 25.0 Å². The number of aliphatic hydroxyl groups is 2. The number of ether oxygens (including phenoxy) is 1. The molecule has 1 aromatic heterocycles. The maximum absolute atomic E-state index is 11.6. The quantitative estimate of drug-likeness (QED) is 0.604. The van der Waals surface area contributed by atoms with Crippen LogP contribution in [-0.4, -0.2) is 34.5 Å². The van der Waals surface area contributed by atoms with E-state index in [0.717, 1.165) is 25.7 Å². The van der Waals surface area contributed by atoms with Crippen LogP contribution in [0.2, 0.25) is 0 Å². The van der Waals surface area contributed by atoms with Crippen LogP contribution in [0.5, 0.6) is 0 Å². The van der Waals surface area contributed by atoms with Crippen LogP contribution in [0.15, 0.2) is 17.1 Å². The second-order valence-electron chi connectivity index (χ2n) is 4.86. The molecule has 0 radical (unpaired) electrons. The molecule has 0 atom stereocenters. The molecular formula is C13H20N2O4. The Morgan fingerprint density at radius 2 is 2.05 bits per heavy atom. The van der Waals surface area contributed by atoms with E-state index in [2.05, 4.69) is 10.3 Å². The first-order valence-electron chi connectivity index (χ1n) is 6.49. The Bertz CT molecular complexity index is 464. The van der Waals surface area contributed by atoms with Crippen molar-refractivity contribution in [2.75, 3.05) is 12.4 Å². The standard InChI is InChI=1S/C13H20N2O4/c1-19-9-4-2-8(3-5-9)15-10-6-7-14-12(16)11(10)13(17)18/h6-9,13,17-18H,2-5H2,1H3,(H2,14,15,16). The maximum atomic E-state index is 11.6. The molecule has 0 spiro atoms. The van der Waals surface area contributed by atoms with Gasteiger partial charge in [0.25, 0.3) is 5.56 Å². The molecule has 0 saturated heterocycles. The summed E-state index contributed by atoms with van der Waals surface area (Å²) in [5.74, 6) is 0. The summed E-state index contributed by atoms with van der Waals surface area (Å²) in [5.41, 5.74) is -0.0263. The lowest BCUT2D eigenvalue weighted by molar-refractivity contribution is -0.0430. The van der Waals surface area contributed by atoms with Gasteiger partial charge in [0.15, 0.2) is 6.29 Å². The summed E-state index contributed by atoms with van der Waals surface area (Å²) in [6.45, 7) is 0. The first kappa shape index (κ1) is 14.0. The van der Waals surface area contributed by atoms with Crippen LogP contribution < -0.4 is 10.9 Å². The highest BCUT2D eigenvalue weighted by molar-refractivity contribution is 5.50. The van der Waals surface area contributed by atoms with Crippen LogP contribution in [0.4, 0.5) is 5.69 Å². The lowest BCUT2D eigenvalue weighted by Gasteiger charge is -2.29. The summed E-state index contributed by atoms with van der Waals surface area (Å²) in [7, 11) is 1.72. The Kier molecular flexibility index (Phi) is 4.57. The zero-order valence-electron chi connectivity index (χ0n) is 10.9. The van der Waals surface area contributed by atoms with Gasteiger partial charge in [0.1, 0.15) is 0 Å². The van der Waals surface area contributed by atoms with E-state index >= 15 is 0 Å². The maximum Gasteiger partial charge on any atom is 0.258 e. The normalized spacial score (nSPS) is 23.6. The van der Waals surface area contributed by atoms with Crippen molar-refractivity contribution < 1.29 is 14.9 Å². The van der Waals surface area contributed by atoms with Gasteiger partial charge in [-0.2, -0.15) is 0 Å². The molecule has 4 N–H and O–H groups in total. The van der Waals surface area contributed by atoms with E-state index in [4.69, 9.17) is 4.74 Å². The van der Waals surface area contributed by atoms with Crippen molar-refractivity contribution in [1.29, 1.82) is 0 Å². The largest absolute Gasteiger partial charge is 0.382 e. The smallest absolute Gasteiger partial charge is 0.258 e. The van der Waals surface area contributed by atoms with Crippen molar-refractivity contribution in [3.63, 3.8) is 0 Å². The van der Waals surface area contributed by atoms with Gasteiger partial charge in [-0.05, 0) is 31.7 Å². The Hall–Kier alpha value is -1.37. The number of hydrogen-bond acceptors (Lipinski definition) is 5. The minimum atomic E-state index is -1.78. The topological polar surface area (TPSA) is 94.6 Å². The Balaban J connectivity index is 2.08. The number of aliphatic hydroxyl groups excluding tert-OH is 1. The molecular weight excluding hydrogens is 248 g/mol. The molecule has 1 saturated carbocycles. The summed E-state index contributed by atoms with van der Waals surface area (Å²) in [6, 6.07) is 1.88. The number of H-pyrrole nitrogens is 1. The van der Waals surface area contributed by atoms with E-state index in [1.807, 2.05) is 0 Å². The second kappa shape index (κ2) is 6.18. The molecule has 1 aliphatic carbocycles. The van der Waals surface area contributed by atoms with E-state index in [9.17, 15) is 15.0 Å². The predicted molar refractivity (Wildman–Crippen MR) is 70.9 cm³/mol. The highest BCUT2D eigenvalue weighted by Gasteiger charge is 2.22. The fourth-order valence-electron chi connectivity index (χ4n) is 2.54. The van der Waals surface area contributed by atoms with Gasteiger partial charge in [-0.1, -0.05) is 0 Å². The van der Waals surface area contributed by atoms with Crippen molar-refractivity contribution in [2.24, 2.45) is 0 Å². The number of methoxy groups -OCH3 is 1. The van der Waals surface area contributed by atoms with Gasteiger partial charge in [-0.25, -0.2) is 0 Å². The minimum absolute atomic E-state index is 0.0311. The second-order valence-corrected chi connectivity index (χ2v) is 4.86. The van der Waals surface area contributed by atoms with Crippen LogP contribution >= 0.6 is 0 Å². The van der Waals surface area contributed by atoms with Crippen molar-refractivity contribution in [3.8, 4) is 0 Å². The highest BCUT2D eigenvalue weighted by atomic mass is 16.5. The summed E-state index contributed by atoms with van der Waals surface area (Å²) in [6.07, 6.45) is 3.83. The molecule has 1 aromatic rings. The molecule has 1 heterocycles. The third-order valence-corrected chi connectivity index (χ3v) is 3.62. The molecule has 6 nitrogen and oxygen atoms in total. The molecule has 106 valence electrons. The van der Waals surface area contributed by atoms with Crippen molar-refractivity contribution >= 4 is 5.69 Å². The number of hydrogen-bond donors (Lipinski definition) is 4. The van der Waals surface area contributed by atoms with Crippen LogP contribution in [0, 0.1) is 0 Å². The van der Waals surface area contributed by atoms with Gasteiger partial charge in [-0.3, -0.25) is 4.79 Å². The fourth-order valence-corrected chi connectivity index (χ4v) is 2.54. The fraction of sp³-hybridized carbons (Fsp3) is 0.615. The lowest BCUT2D eigenvalue weighted by atomic mass is 9.92. The summed E-state index contributed by atoms with van der Waals surface area (Å²) >= 11 is 0. The Labute approximate surface area is 111 Å². The van der Waals surface area contributed by atoms with Crippen molar-refractivity contribution in [3.05, 3.63) is 28.2 Å². The molecule has 0 aliphatic heterocycles. The molecule has 6 heteroatoms. The summed E-state index contributed by atoms with van der Waals surface area (Å²) in [5, 5.41) is 21.8. The SMILES string of the molecule is COC1CCC(Nc2cc[nH]c(=O)c2C(O)O)CC1. The van der Waals surface area contributed by atoms with Gasteiger partial charge < -0.3 is 25.3 Å². The van der Waals surface area contributed by atoms with E-state index in [0.29, 0.717) is 11.8 Å². The average molecular weight is 268 g/mol. The number of aromatic nitrogens is 1. The number of pyridine rings is 1. The molecule has 0 amide bonds. The monoisotopic (exact) mass is 268 g/mol. The molecule has 0 bridgehead atoms. The zero-order valence-corrected chi connectivity index (χ0v) is 10.9. The van der Waals surface area contributed by atoms with Gasteiger partial charge in [-0.15, -0.1) is 0 Å². The molecule has 1 aliphatic rings. The molecule has 0 unspecified atom stereocenters. The third kappa shape index (κ3) is 3.34. The van der Waals surface area contributed by atoms with Crippen LogP contribution in [0.3, 0.4) is 0 Å². The number of rotatable bonds is 4. The van der Waals surface area contributed by atoms with E-state index in [-0.39, 0.29) is 11.6 Å². The van der Waals surface area contributed by atoms with Gasteiger partial charge in [0.05, 0.1) is 11.7 Å². The van der Waals surface area contributed by atoms with Crippen molar-refractivity contribution in [2.45, 2.75) is 44.1 Å². The predicted octanol–water partition coefficient (Wildman–Crippen LogP) is 0.728. The average Bonchev–Trinajstić information content (AvgIpc) is 2.39. The third-order valence-electron chi connectivity index (χ3n) is 3.62. The molecule has 19 heavy (non-hydrogen) atoms. The van der Waals surface area contributed by atoms with Crippen LogP contribution in [0.1, 0.15) is 37.5 Å².